The monoisotopic (exact) mass is 196 g/mol. The smallest absolute Gasteiger partial charge is 0.242 e. The molecule has 0 bridgehead atoms. The van der Waals surface area contributed by atoms with Crippen LogP contribution in [0, 0.1) is 5.41 Å². The predicted octanol–water partition coefficient (Wildman–Crippen LogP) is 0.997. The number of rotatable bonds is 2. The van der Waals surface area contributed by atoms with Crippen LogP contribution in [0.15, 0.2) is 0 Å². The zero-order valence-electron chi connectivity index (χ0n) is 9.39. The lowest BCUT2D eigenvalue weighted by molar-refractivity contribution is -0.136. The van der Waals surface area contributed by atoms with Crippen LogP contribution in [0.25, 0.3) is 0 Å². The van der Waals surface area contributed by atoms with Gasteiger partial charge >= 0.3 is 0 Å². The number of nitrogens with zero attached hydrogens (tertiary/aromatic N) is 1. The molecule has 0 unspecified atom stereocenters. The number of amides is 1. The van der Waals surface area contributed by atoms with E-state index >= 15 is 0 Å². The highest BCUT2D eigenvalue weighted by molar-refractivity contribution is 5.85. The molecule has 1 N–H and O–H groups in total. The predicted molar refractivity (Wildman–Crippen MR) is 56.0 cm³/mol. The fraction of sp³-hybridized carbons (Fsp3) is 0.909. The Morgan fingerprint density at radius 3 is 2.43 bits per heavy atom. The summed E-state index contributed by atoms with van der Waals surface area (Å²) >= 11 is 0. The lowest BCUT2D eigenvalue weighted by Crippen LogP contribution is -2.52. The highest BCUT2D eigenvalue weighted by Gasteiger charge is 2.50. The van der Waals surface area contributed by atoms with Gasteiger partial charge in [-0.1, -0.05) is 0 Å². The molecule has 1 saturated carbocycles. The molecule has 3 nitrogen and oxygen atoms in total. The Morgan fingerprint density at radius 2 is 2.00 bits per heavy atom. The zero-order chi connectivity index (χ0) is 10.4. The molecule has 0 aromatic heterocycles. The number of carbonyl (C=O) groups excluding carboxylic acids is 1. The molecular weight excluding hydrogens is 176 g/mol. The maximum absolute atomic E-state index is 12.1. The van der Waals surface area contributed by atoms with E-state index in [1.54, 1.807) is 0 Å². The summed E-state index contributed by atoms with van der Waals surface area (Å²) in [6, 6.07) is 0. The molecule has 1 saturated heterocycles. The zero-order valence-corrected chi connectivity index (χ0v) is 9.39. The van der Waals surface area contributed by atoms with Gasteiger partial charge in [-0.25, -0.2) is 0 Å². The molecule has 2 rings (SSSR count). The summed E-state index contributed by atoms with van der Waals surface area (Å²) in [6.07, 6.45) is 3.88. The van der Waals surface area contributed by atoms with Gasteiger partial charge < -0.3 is 10.2 Å². The molecular formula is C11H20N2O. The van der Waals surface area contributed by atoms with Crippen molar-refractivity contribution in [2.24, 2.45) is 5.41 Å². The lowest BCUT2D eigenvalue weighted by Gasteiger charge is -2.28. The molecule has 1 heterocycles. The van der Waals surface area contributed by atoms with Crippen molar-refractivity contribution in [1.82, 2.24) is 10.2 Å². The Morgan fingerprint density at radius 1 is 1.36 bits per heavy atom. The van der Waals surface area contributed by atoms with Crippen LogP contribution in [-0.4, -0.2) is 36.5 Å². The van der Waals surface area contributed by atoms with Crippen molar-refractivity contribution >= 4 is 5.91 Å². The van der Waals surface area contributed by atoms with Gasteiger partial charge in [0.2, 0.25) is 5.91 Å². The molecule has 1 aliphatic heterocycles. The molecule has 2 aliphatic rings. The molecule has 1 spiro atoms. The minimum Gasteiger partial charge on any atom is -0.341 e. The van der Waals surface area contributed by atoms with Crippen LogP contribution < -0.4 is 5.32 Å². The van der Waals surface area contributed by atoms with Gasteiger partial charge in [0.25, 0.3) is 0 Å². The maximum Gasteiger partial charge on any atom is 0.242 e. The first-order chi connectivity index (χ1) is 6.49. The van der Waals surface area contributed by atoms with E-state index in [1.165, 1.54) is 19.3 Å². The summed E-state index contributed by atoms with van der Waals surface area (Å²) in [5.74, 6) is 0.253. The Bertz CT molecular complexity index is 256. The van der Waals surface area contributed by atoms with Gasteiger partial charge in [-0.2, -0.15) is 0 Å². The van der Waals surface area contributed by atoms with E-state index in [-0.39, 0.29) is 5.91 Å². The van der Waals surface area contributed by atoms with E-state index in [0.717, 1.165) is 13.1 Å². The lowest BCUT2D eigenvalue weighted by atomic mass is 10.0. The van der Waals surface area contributed by atoms with Crippen molar-refractivity contribution in [2.75, 3.05) is 20.1 Å². The third-order valence-corrected chi connectivity index (χ3v) is 3.84. The standard InChI is InChI=1S/C11H20N2O/c1-10(2,12-3)9(14)13-7-6-11(8-13)4-5-11/h12H,4-8H2,1-3H3. The van der Waals surface area contributed by atoms with Crippen molar-refractivity contribution in [3.05, 3.63) is 0 Å². The van der Waals surface area contributed by atoms with E-state index < -0.39 is 5.54 Å². The largest absolute Gasteiger partial charge is 0.341 e. The van der Waals surface area contributed by atoms with E-state index in [1.807, 2.05) is 25.8 Å². The van der Waals surface area contributed by atoms with Crippen molar-refractivity contribution in [3.8, 4) is 0 Å². The summed E-state index contributed by atoms with van der Waals surface area (Å²) in [5.41, 5.74) is 0.139. The van der Waals surface area contributed by atoms with E-state index in [0.29, 0.717) is 5.41 Å². The molecule has 0 radical (unpaired) electrons. The van der Waals surface area contributed by atoms with E-state index in [9.17, 15) is 4.79 Å². The third-order valence-electron chi connectivity index (χ3n) is 3.84. The molecule has 1 aliphatic carbocycles. The number of likely N-dealkylation sites (tertiary alicyclic amines) is 1. The van der Waals surface area contributed by atoms with Crippen LogP contribution in [0.2, 0.25) is 0 Å². The first-order valence-electron chi connectivity index (χ1n) is 5.47. The maximum atomic E-state index is 12.1. The third kappa shape index (κ3) is 1.54. The topological polar surface area (TPSA) is 32.3 Å². The normalized spacial score (nSPS) is 24.4. The Kier molecular flexibility index (Phi) is 2.11. The van der Waals surface area contributed by atoms with Crippen molar-refractivity contribution in [3.63, 3.8) is 0 Å². The average Bonchev–Trinajstić information content (AvgIpc) is 2.76. The van der Waals surface area contributed by atoms with Gasteiger partial charge in [-0.05, 0) is 45.6 Å². The fourth-order valence-corrected chi connectivity index (χ4v) is 2.20. The number of hydrogen-bond acceptors (Lipinski definition) is 2. The van der Waals surface area contributed by atoms with Gasteiger partial charge in [-0.15, -0.1) is 0 Å². The molecule has 3 heteroatoms. The Balaban J connectivity index is 1.99. The number of carbonyl (C=O) groups is 1. The Labute approximate surface area is 85.8 Å². The minimum absolute atomic E-state index is 0.253. The molecule has 0 aromatic rings. The molecule has 1 amide bonds. The van der Waals surface area contributed by atoms with Crippen molar-refractivity contribution < 1.29 is 4.79 Å². The number of hydrogen-bond donors (Lipinski definition) is 1. The molecule has 0 atom stereocenters. The van der Waals surface area contributed by atoms with Gasteiger partial charge in [0.1, 0.15) is 0 Å². The summed E-state index contributed by atoms with van der Waals surface area (Å²) in [7, 11) is 1.85. The quantitative estimate of drug-likeness (QED) is 0.714. The highest BCUT2D eigenvalue weighted by atomic mass is 16.2. The number of likely N-dealkylation sites (N-methyl/N-ethyl adjacent to an activating group) is 1. The molecule has 0 aromatic carbocycles. The highest BCUT2D eigenvalue weighted by Crippen LogP contribution is 2.52. The summed E-state index contributed by atoms with van der Waals surface area (Å²) in [6.45, 7) is 5.86. The summed E-state index contributed by atoms with van der Waals surface area (Å²) in [4.78, 5) is 14.1. The van der Waals surface area contributed by atoms with Crippen molar-refractivity contribution in [2.45, 2.75) is 38.6 Å². The van der Waals surface area contributed by atoms with Gasteiger partial charge in [-0.3, -0.25) is 4.79 Å². The summed E-state index contributed by atoms with van der Waals surface area (Å²) in [5, 5.41) is 3.07. The van der Waals surface area contributed by atoms with Crippen LogP contribution in [0.3, 0.4) is 0 Å². The minimum atomic E-state index is -0.402. The number of nitrogens with one attached hydrogen (secondary N) is 1. The molecule has 80 valence electrons. The van der Waals surface area contributed by atoms with Crippen LogP contribution in [-0.2, 0) is 4.79 Å². The van der Waals surface area contributed by atoms with Crippen LogP contribution in [0.1, 0.15) is 33.1 Å². The van der Waals surface area contributed by atoms with Crippen LogP contribution >= 0.6 is 0 Å². The second-order valence-electron chi connectivity index (χ2n) is 5.35. The van der Waals surface area contributed by atoms with Crippen LogP contribution in [0.4, 0.5) is 0 Å². The molecule has 2 fully saturated rings. The van der Waals surface area contributed by atoms with Gasteiger partial charge in [0.05, 0.1) is 5.54 Å². The first kappa shape index (κ1) is 9.97. The second-order valence-corrected chi connectivity index (χ2v) is 5.35. The SMILES string of the molecule is CNC(C)(C)C(=O)N1CCC2(CC2)C1. The summed E-state index contributed by atoms with van der Waals surface area (Å²) < 4.78 is 0. The van der Waals surface area contributed by atoms with Crippen molar-refractivity contribution in [1.29, 1.82) is 0 Å². The van der Waals surface area contributed by atoms with Gasteiger partial charge in [0, 0.05) is 13.1 Å². The first-order valence-corrected chi connectivity index (χ1v) is 5.47. The average molecular weight is 196 g/mol. The van der Waals surface area contributed by atoms with Gasteiger partial charge in [0.15, 0.2) is 0 Å². The van der Waals surface area contributed by atoms with E-state index in [2.05, 4.69) is 5.32 Å². The van der Waals surface area contributed by atoms with E-state index in [4.69, 9.17) is 0 Å². The Hall–Kier alpha value is -0.570. The second kappa shape index (κ2) is 2.96. The van der Waals surface area contributed by atoms with Crippen LogP contribution in [0.5, 0.6) is 0 Å². The fourth-order valence-electron chi connectivity index (χ4n) is 2.20. The molecule has 14 heavy (non-hydrogen) atoms.